The van der Waals surface area contributed by atoms with Gasteiger partial charge in [-0.25, -0.2) is 15.0 Å². The number of nitrogen functional groups attached to an aromatic ring is 1. The van der Waals surface area contributed by atoms with Crippen LogP contribution >= 0.6 is 0 Å². The van der Waals surface area contributed by atoms with Crippen molar-refractivity contribution in [2.24, 2.45) is 0 Å². The Bertz CT molecular complexity index is 531. The highest BCUT2D eigenvalue weighted by Crippen LogP contribution is 2.13. The number of hydrogen-bond donors (Lipinski definition) is 1. The number of fused-ring (bicyclic) bond motifs is 1. The van der Waals surface area contributed by atoms with E-state index in [0.717, 1.165) is 18.6 Å². The predicted octanol–water partition coefficient (Wildman–Crippen LogP) is 0.822. The predicted molar refractivity (Wildman–Crippen MR) is 57.8 cm³/mol. The fourth-order valence-electron chi connectivity index (χ4n) is 1.36. The normalized spacial score (nSPS) is 9.93. The van der Waals surface area contributed by atoms with Gasteiger partial charge < -0.3 is 10.3 Å². The van der Waals surface area contributed by atoms with Crippen molar-refractivity contribution in [3.8, 4) is 11.8 Å². The molecule has 0 atom stereocenters. The van der Waals surface area contributed by atoms with Gasteiger partial charge in [-0.3, -0.25) is 0 Å². The molecule has 5 heteroatoms. The smallest absolute Gasteiger partial charge is 0.165 e. The van der Waals surface area contributed by atoms with Crippen molar-refractivity contribution >= 4 is 17.0 Å². The van der Waals surface area contributed by atoms with Gasteiger partial charge in [-0.05, 0) is 6.92 Å². The first-order chi connectivity index (χ1) is 7.33. The van der Waals surface area contributed by atoms with Gasteiger partial charge in [-0.15, -0.1) is 11.8 Å². The van der Waals surface area contributed by atoms with E-state index in [0.29, 0.717) is 11.3 Å². The number of hydrogen-bond acceptors (Lipinski definition) is 4. The lowest BCUT2D eigenvalue weighted by Crippen LogP contribution is -1.98. The van der Waals surface area contributed by atoms with Crippen molar-refractivity contribution in [3.05, 3.63) is 12.7 Å². The Morgan fingerprint density at radius 1 is 1.40 bits per heavy atom. The van der Waals surface area contributed by atoms with Crippen LogP contribution in [0.3, 0.4) is 0 Å². The van der Waals surface area contributed by atoms with Crippen molar-refractivity contribution < 1.29 is 0 Å². The Morgan fingerprint density at radius 3 is 3.07 bits per heavy atom. The third-order valence-electron chi connectivity index (χ3n) is 2.08. The highest BCUT2D eigenvalue weighted by molar-refractivity contribution is 5.80. The van der Waals surface area contributed by atoms with Crippen molar-refractivity contribution in [1.82, 2.24) is 19.5 Å². The second-order valence-corrected chi connectivity index (χ2v) is 3.05. The SMILES string of the molecule is CC#CCCn1cnc2c(N)ncnc21. The van der Waals surface area contributed by atoms with E-state index < -0.39 is 0 Å². The third kappa shape index (κ3) is 1.74. The standard InChI is InChI=1S/C10H11N5/c1-2-3-4-5-15-7-14-8-9(11)12-6-13-10(8)15/h6-7H,4-5H2,1H3,(H2,11,12,13). The zero-order chi connectivity index (χ0) is 10.7. The zero-order valence-corrected chi connectivity index (χ0v) is 8.44. The highest BCUT2D eigenvalue weighted by atomic mass is 15.1. The minimum Gasteiger partial charge on any atom is -0.382 e. The molecule has 0 aromatic carbocycles. The lowest BCUT2D eigenvalue weighted by molar-refractivity contribution is 0.733. The average Bonchev–Trinajstić information content (AvgIpc) is 2.64. The quantitative estimate of drug-likeness (QED) is 0.730. The van der Waals surface area contributed by atoms with Crippen molar-refractivity contribution in [2.45, 2.75) is 19.9 Å². The number of nitrogens with zero attached hydrogens (tertiary/aromatic N) is 4. The van der Waals surface area contributed by atoms with Crippen LogP contribution in [-0.4, -0.2) is 19.5 Å². The monoisotopic (exact) mass is 201 g/mol. The van der Waals surface area contributed by atoms with E-state index in [9.17, 15) is 0 Å². The molecule has 2 heterocycles. The van der Waals surface area contributed by atoms with E-state index in [2.05, 4.69) is 26.8 Å². The second-order valence-electron chi connectivity index (χ2n) is 3.05. The number of imidazole rings is 1. The summed E-state index contributed by atoms with van der Waals surface area (Å²) >= 11 is 0. The molecule has 0 aliphatic heterocycles. The van der Waals surface area contributed by atoms with Gasteiger partial charge in [-0.1, -0.05) is 0 Å². The first kappa shape index (κ1) is 9.46. The molecular formula is C10H11N5. The molecule has 2 aromatic heterocycles. The van der Waals surface area contributed by atoms with Crippen LogP contribution in [0.1, 0.15) is 13.3 Å². The van der Waals surface area contributed by atoms with E-state index in [1.807, 2.05) is 11.5 Å². The van der Waals surface area contributed by atoms with Gasteiger partial charge in [0.05, 0.1) is 6.33 Å². The van der Waals surface area contributed by atoms with E-state index in [1.165, 1.54) is 6.33 Å². The Balaban J connectivity index is 2.35. The molecule has 2 aromatic rings. The van der Waals surface area contributed by atoms with Crippen molar-refractivity contribution in [1.29, 1.82) is 0 Å². The third-order valence-corrected chi connectivity index (χ3v) is 2.08. The summed E-state index contributed by atoms with van der Waals surface area (Å²) in [4.78, 5) is 12.2. The summed E-state index contributed by atoms with van der Waals surface area (Å²) in [6.07, 6.45) is 3.94. The summed E-state index contributed by atoms with van der Waals surface area (Å²) in [6.45, 7) is 2.60. The maximum absolute atomic E-state index is 5.67. The lowest BCUT2D eigenvalue weighted by atomic mass is 10.4. The largest absolute Gasteiger partial charge is 0.382 e. The molecule has 0 amide bonds. The van der Waals surface area contributed by atoms with Gasteiger partial charge in [0.25, 0.3) is 0 Å². The summed E-state index contributed by atoms with van der Waals surface area (Å²) in [5.41, 5.74) is 7.09. The topological polar surface area (TPSA) is 69.6 Å². The molecule has 76 valence electrons. The van der Waals surface area contributed by atoms with Crippen LogP contribution in [0.2, 0.25) is 0 Å². The molecule has 15 heavy (non-hydrogen) atoms. The molecule has 0 unspecified atom stereocenters. The Hall–Kier alpha value is -2.09. The van der Waals surface area contributed by atoms with Crippen LogP contribution in [0.4, 0.5) is 5.82 Å². The number of rotatable bonds is 2. The Kier molecular flexibility index (Phi) is 2.50. The molecule has 0 aliphatic rings. The van der Waals surface area contributed by atoms with Gasteiger partial charge in [0.15, 0.2) is 11.5 Å². The minimum absolute atomic E-state index is 0.417. The first-order valence-electron chi connectivity index (χ1n) is 4.64. The number of anilines is 1. The van der Waals surface area contributed by atoms with Crippen molar-refractivity contribution in [2.75, 3.05) is 5.73 Å². The zero-order valence-electron chi connectivity index (χ0n) is 8.44. The van der Waals surface area contributed by atoms with Crippen LogP contribution in [-0.2, 0) is 6.54 Å². The molecular weight excluding hydrogens is 190 g/mol. The van der Waals surface area contributed by atoms with Crippen LogP contribution in [0.5, 0.6) is 0 Å². The molecule has 2 rings (SSSR count). The van der Waals surface area contributed by atoms with Crippen LogP contribution in [0.25, 0.3) is 11.2 Å². The molecule has 0 bridgehead atoms. The van der Waals surface area contributed by atoms with E-state index in [4.69, 9.17) is 5.73 Å². The van der Waals surface area contributed by atoms with E-state index in [1.54, 1.807) is 6.33 Å². The van der Waals surface area contributed by atoms with Crippen LogP contribution in [0, 0.1) is 11.8 Å². The fraction of sp³-hybridized carbons (Fsp3) is 0.300. The highest BCUT2D eigenvalue weighted by Gasteiger charge is 2.06. The summed E-state index contributed by atoms with van der Waals surface area (Å²) in [5, 5.41) is 0. The molecule has 5 nitrogen and oxygen atoms in total. The molecule has 2 N–H and O–H groups in total. The Morgan fingerprint density at radius 2 is 2.27 bits per heavy atom. The molecule has 0 spiro atoms. The van der Waals surface area contributed by atoms with Gasteiger partial charge in [-0.2, -0.15) is 0 Å². The maximum Gasteiger partial charge on any atom is 0.165 e. The summed E-state index contributed by atoms with van der Waals surface area (Å²) in [5.74, 6) is 6.26. The Labute approximate surface area is 87.4 Å². The van der Waals surface area contributed by atoms with Crippen LogP contribution < -0.4 is 5.73 Å². The molecule has 0 fully saturated rings. The number of aromatic nitrogens is 4. The summed E-state index contributed by atoms with van der Waals surface area (Å²) in [7, 11) is 0. The first-order valence-corrected chi connectivity index (χ1v) is 4.64. The fourth-order valence-corrected chi connectivity index (χ4v) is 1.36. The van der Waals surface area contributed by atoms with Crippen molar-refractivity contribution in [3.63, 3.8) is 0 Å². The summed E-state index contributed by atoms with van der Waals surface area (Å²) < 4.78 is 1.93. The number of nitrogens with two attached hydrogens (primary N) is 1. The molecule has 0 saturated carbocycles. The summed E-state index contributed by atoms with van der Waals surface area (Å²) in [6, 6.07) is 0. The number of aryl methyl sites for hydroxylation is 1. The van der Waals surface area contributed by atoms with Gasteiger partial charge in [0.2, 0.25) is 0 Å². The van der Waals surface area contributed by atoms with Gasteiger partial charge in [0, 0.05) is 13.0 Å². The molecule has 0 radical (unpaired) electrons. The van der Waals surface area contributed by atoms with Gasteiger partial charge in [0.1, 0.15) is 11.8 Å². The second kappa shape index (κ2) is 3.96. The maximum atomic E-state index is 5.67. The minimum atomic E-state index is 0.417. The van der Waals surface area contributed by atoms with E-state index in [-0.39, 0.29) is 0 Å². The van der Waals surface area contributed by atoms with Crippen LogP contribution in [0.15, 0.2) is 12.7 Å². The average molecular weight is 201 g/mol. The van der Waals surface area contributed by atoms with E-state index >= 15 is 0 Å². The van der Waals surface area contributed by atoms with Gasteiger partial charge >= 0.3 is 0 Å². The lowest BCUT2D eigenvalue weighted by Gasteiger charge is -1.99. The molecule has 0 saturated heterocycles. The molecule has 0 aliphatic carbocycles.